The first kappa shape index (κ1) is 16.1. The average molecular weight is 322 g/mol. The molecule has 4 heteroatoms. The summed E-state index contributed by atoms with van der Waals surface area (Å²) < 4.78 is 0. The summed E-state index contributed by atoms with van der Waals surface area (Å²) in [7, 11) is 0. The van der Waals surface area contributed by atoms with Crippen LogP contribution in [0.5, 0.6) is 0 Å². The molecule has 2 nitrogen and oxygen atoms in total. The van der Waals surface area contributed by atoms with Crippen LogP contribution in [-0.2, 0) is 0 Å². The predicted molar refractivity (Wildman–Crippen MR) is 91.1 cm³/mol. The van der Waals surface area contributed by atoms with Gasteiger partial charge in [-0.1, -0.05) is 37.6 Å². The van der Waals surface area contributed by atoms with Crippen molar-refractivity contribution in [1.29, 1.82) is 0 Å². The van der Waals surface area contributed by atoms with Crippen molar-refractivity contribution in [1.82, 2.24) is 5.32 Å². The maximum absolute atomic E-state index is 12.2. The first-order valence-electron chi connectivity index (χ1n) is 7.12. The van der Waals surface area contributed by atoms with Crippen molar-refractivity contribution in [2.45, 2.75) is 33.2 Å². The van der Waals surface area contributed by atoms with E-state index in [0.29, 0.717) is 10.9 Å². The van der Waals surface area contributed by atoms with Gasteiger partial charge in [0.25, 0.3) is 5.91 Å². The number of amides is 1. The quantitative estimate of drug-likeness (QED) is 0.802. The predicted octanol–water partition coefficient (Wildman–Crippen LogP) is 5.23. The Hall–Kier alpha value is -1.32. The molecule has 0 radical (unpaired) electrons. The summed E-state index contributed by atoms with van der Waals surface area (Å²) in [5, 5.41) is 3.76. The van der Waals surface area contributed by atoms with E-state index >= 15 is 0 Å². The van der Waals surface area contributed by atoms with E-state index in [4.69, 9.17) is 11.6 Å². The molecule has 0 saturated heterocycles. The highest BCUT2D eigenvalue weighted by Gasteiger charge is 2.13. The van der Waals surface area contributed by atoms with E-state index in [9.17, 15) is 4.79 Å². The van der Waals surface area contributed by atoms with Gasteiger partial charge in [-0.15, -0.1) is 11.3 Å². The van der Waals surface area contributed by atoms with Gasteiger partial charge < -0.3 is 5.32 Å². The second kappa shape index (κ2) is 7.10. The molecule has 2 rings (SSSR count). The second-order valence-electron chi connectivity index (χ2n) is 5.68. The van der Waals surface area contributed by atoms with Crippen LogP contribution in [0.15, 0.2) is 36.4 Å². The maximum atomic E-state index is 12.2. The largest absolute Gasteiger partial charge is 0.349 e. The number of hydrogen-bond acceptors (Lipinski definition) is 2. The zero-order valence-corrected chi connectivity index (χ0v) is 14.1. The minimum Gasteiger partial charge on any atom is -0.349 e. The zero-order chi connectivity index (χ0) is 15.4. The lowest BCUT2D eigenvalue weighted by Crippen LogP contribution is -2.32. The molecular weight excluding hydrogens is 302 g/mol. The van der Waals surface area contributed by atoms with E-state index in [-0.39, 0.29) is 11.9 Å². The van der Waals surface area contributed by atoms with E-state index in [2.05, 4.69) is 19.2 Å². The van der Waals surface area contributed by atoms with Gasteiger partial charge >= 0.3 is 0 Å². The molecule has 1 atom stereocenters. The first-order valence-corrected chi connectivity index (χ1v) is 8.32. The number of halogens is 1. The molecule has 0 aliphatic rings. The Morgan fingerprint density at radius 3 is 2.67 bits per heavy atom. The molecule has 1 amide bonds. The van der Waals surface area contributed by atoms with Crippen LogP contribution in [0.2, 0.25) is 5.02 Å². The topological polar surface area (TPSA) is 29.1 Å². The summed E-state index contributed by atoms with van der Waals surface area (Å²) in [5.74, 6) is 0.576. The van der Waals surface area contributed by atoms with Crippen LogP contribution in [0.1, 0.15) is 36.9 Å². The standard InChI is InChI=1S/C17H20ClNOS/c1-11(2)9-12(3)19-17(20)16-8-7-15(21-16)13-5-4-6-14(18)10-13/h4-8,10-12H,9H2,1-3H3,(H,19,20). The molecule has 1 unspecified atom stereocenters. The third-order valence-electron chi connectivity index (χ3n) is 3.14. The molecule has 0 aliphatic heterocycles. The monoisotopic (exact) mass is 321 g/mol. The van der Waals surface area contributed by atoms with Gasteiger partial charge in [-0.3, -0.25) is 4.79 Å². The van der Waals surface area contributed by atoms with Crippen LogP contribution in [0.3, 0.4) is 0 Å². The highest BCUT2D eigenvalue weighted by molar-refractivity contribution is 7.17. The normalized spacial score (nSPS) is 12.4. The molecule has 1 heterocycles. The van der Waals surface area contributed by atoms with E-state index in [0.717, 1.165) is 21.7 Å². The molecule has 0 bridgehead atoms. The number of hydrogen-bond donors (Lipinski definition) is 1. The molecule has 0 aliphatic carbocycles. The minimum atomic E-state index is 0.00132. The van der Waals surface area contributed by atoms with Gasteiger partial charge in [0.05, 0.1) is 4.88 Å². The lowest BCUT2D eigenvalue weighted by molar-refractivity contribution is 0.0940. The molecular formula is C17H20ClNOS. The fraction of sp³-hybridized carbons (Fsp3) is 0.353. The van der Waals surface area contributed by atoms with Crippen LogP contribution in [-0.4, -0.2) is 11.9 Å². The van der Waals surface area contributed by atoms with Crippen LogP contribution < -0.4 is 5.32 Å². The van der Waals surface area contributed by atoms with Crippen LogP contribution in [0.25, 0.3) is 10.4 Å². The Bertz CT molecular complexity index is 621. The van der Waals surface area contributed by atoms with Gasteiger partial charge in [-0.25, -0.2) is 0 Å². The number of benzene rings is 1. The van der Waals surface area contributed by atoms with E-state index in [1.165, 1.54) is 11.3 Å². The van der Waals surface area contributed by atoms with Crippen molar-refractivity contribution in [3.63, 3.8) is 0 Å². The summed E-state index contributed by atoms with van der Waals surface area (Å²) in [6.07, 6.45) is 0.984. The molecule has 0 fully saturated rings. The minimum absolute atomic E-state index is 0.00132. The molecule has 1 aromatic heterocycles. The third-order valence-corrected chi connectivity index (χ3v) is 4.51. The molecule has 21 heavy (non-hydrogen) atoms. The smallest absolute Gasteiger partial charge is 0.261 e. The van der Waals surface area contributed by atoms with Crippen molar-refractivity contribution >= 4 is 28.8 Å². The second-order valence-corrected chi connectivity index (χ2v) is 7.20. The Kier molecular flexibility index (Phi) is 5.43. The first-order chi connectivity index (χ1) is 9.95. The van der Waals surface area contributed by atoms with Crippen LogP contribution in [0, 0.1) is 5.92 Å². The van der Waals surface area contributed by atoms with Crippen molar-refractivity contribution in [2.24, 2.45) is 5.92 Å². The summed E-state index contributed by atoms with van der Waals surface area (Å²) >= 11 is 7.50. The number of nitrogens with one attached hydrogen (secondary N) is 1. The van der Waals surface area contributed by atoms with Gasteiger partial charge in [0.1, 0.15) is 0 Å². The maximum Gasteiger partial charge on any atom is 0.261 e. The third kappa shape index (κ3) is 4.58. The molecule has 112 valence electrons. The highest BCUT2D eigenvalue weighted by Crippen LogP contribution is 2.29. The molecule has 0 spiro atoms. The number of carbonyl (C=O) groups excluding carboxylic acids is 1. The molecule has 0 saturated carbocycles. The van der Waals surface area contributed by atoms with Gasteiger partial charge in [0, 0.05) is 15.9 Å². The Labute approximate surface area is 135 Å². The summed E-state index contributed by atoms with van der Waals surface area (Å²) in [5.41, 5.74) is 1.04. The summed E-state index contributed by atoms with van der Waals surface area (Å²) in [4.78, 5) is 14.0. The van der Waals surface area contributed by atoms with Gasteiger partial charge in [-0.05, 0) is 49.1 Å². The van der Waals surface area contributed by atoms with E-state index in [1.54, 1.807) is 0 Å². The Balaban J connectivity index is 2.07. The summed E-state index contributed by atoms with van der Waals surface area (Å²) in [6.45, 7) is 6.36. The van der Waals surface area contributed by atoms with Gasteiger partial charge in [-0.2, -0.15) is 0 Å². The lowest BCUT2D eigenvalue weighted by atomic mass is 10.1. The fourth-order valence-electron chi connectivity index (χ4n) is 2.32. The summed E-state index contributed by atoms with van der Waals surface area (Å²) in [6, 6.07) is 11.7. The number of carbonyl (C=O) groups is 1. The van der Waals surface area contributed by atoms with Crippen molar-refractivity contribution in [2.75, 3.05) is 0 Å². The van der Waals surface area contributed by atoms with Crippen molar-refractivity contribution < 1.29 is 4.79 Å². The van der Waals surface area contributed by atoms with E-state index < -0.39 is 0 Å². The Morgan fingerprint density at radius 1 is 1.24 bits per heavy atom. The fourth-order valence-corrected chi connectivity index (χ4v) is 3.41. The molecule has 2 aromatic rings. The van der Waals surface area contributed by atoms with Crippen LogP contribution >= 0.6 is 22.9 Å². The van der Waals surface area contributed by atoms with Crippen molar-refractivity contribution in [3.05, 3.63) is 46.3 Å². The molecule has 1 aromatic carbocycles. The highest BCUT2D eigenvalue weighted by atomic mass is 35.5. The number of thiophene rings is 1. The molecule has 1 N–H and O–H groups in total. The van der Waals surface area contributed by atoms with Crippen molar-refractivity contribution in [3.8, 4) is 10.4 Å². The van der Waals surface area contributed by atoms with E-state index in [1.807, 2.05) is 43.3 Å². The average Bonchev–Trinajstić information content (AvgIpc) is 2.87. The van der Waals surface area contributed by atoms with Gasteiger partial charge in [0.15, 0.2) is 0 Å². The number of rotatable bonds is 5. The van der Waals surface area contributed by atoms with Gasteiger partial charge in [0.2, 0.25) is 0 Å². The zero-order valence-electron chi connectivity index (χ0n) is 12.5. The lowest BCUT2D eigenvalue weighted by Gasteiger charge is -2.15. The van der Waals surface area contributed by atoms with Crippen LogP contribution in [0.4, 0.5) is 0 Å². The SMILES string of the molecule is CC(C)CC(C)NC(=O)c1ccc(-c2cccc(Cl)c2)s1. The Morgan fingerprint density at radius 2 is 2.00 bits per heavy atom.